The van der Waals surface area contributed by atoms with Gasteiger partial charge < -0.3 is 4.74 Å². The van der Waals surface area contributed by atoms with Crippen molar-refractivity contribution in [1.82, 2.24) is 0 Å². The van der Waals surface area contributed by atoms with Gasteiger partial charge in [0.05, 0.1) is 0 Å². The van der Waals surface area contributed by atoms with Crippen LogP contribution in [0.3, 0.4) is 0 Å². The van der Waals surface area contributed by atoms with Crippen LogP contribution < -0.4 is 0 Å². The van der Waals surface area contributed by atoms with E-state index in [1.807, 2.05) is 17.9 Å². The molecule has 90 valence electrons. The summed E-state index contributed by atoms with van der Waals surface area (Å²) in [6, 6.07) is 5.26. The number of halogens is 3. The van der Waals surface area contributed by atoms with E-state index in [4.69, 9.17) is 27.9 Å². The second-order valence-corrected chi connectivity index (χ2v) is 5.71. The first kappa shape index (κ1) is 13.2. The fraction of sp³-hybridized carbons (Fsp3) is 0.250. The summed E-state index contributed by atoms with van der Waals surface area (Å²) in [5, 5.41) is 1.15. The molecule has 0 spiro atoms. The van der Waals surface area contributed by atoms with Gasteiger partial charge in [0.1, 0.15) is 11.3 Å². The monoisotopic (exact) mass is 381 g/mol. The van der Waals surface area contributed by atoms with E-state index in [0.29, 0.717) is 15.9 Å². The topological polar surface area (TPSA) is 21.6 Å². The Labute approximate surface area is 124 Å². The molecule has 0 amide bonds. The molecule has 0 bridgehead atoms. The van der Waals surface area contributed by atoms with Crippen LogP contribution in [0.5, 0.6) is 0 Å². The molecule has 0 saturated carbocycles. The Hall–Kier alpha value is -0.260. The van der Waals surface area contributed by atoms with E-state index >= 15 is 0 Å². The van der Waals surface area contributed by atoms with E-state index in [2.05, 4.69) is 27.6 Å². The summed E-state index contributed by atoms with van der Waals surface area (Å²) in [4.78, 5) is 4.53. The summed E-state index contributed by atoms with van der Waals surface area (Å²) in [5.41, 5.74) is 0.453. The predicted molar refractivity (Wildman–Crippen MR) is 80.3 cm³/mol. The lowest BCUT2D eigenvalue weighted by Crippen LogP contribution is -2.14. The van der Waals surface area contributed by atoms with Gasteiger partial charge in [-0.3, -0.25) is 0 Å². The second kappa shape index (κ2) is 4.78. The van der Waals surface area contributed by atoms with Crippen molar-refractivity contribution in [2.75, 3.05) is 0 Å². The predicted octanol–water partition coefficient (Wildman–Crippen LogP) is 4.83. The molecule has 1 heterocycles. The summed E-state index contributed by atoms with van der Waals surface area (Å²) in [7, 11) is 0. The number of hydrogen-bond donors (Lipinski definition) is 0. The molecule has 0 radical (unpaired) electrons. The Kier molecular flexibility index (Phi) is 3.71. The molecule has 0 N–H and O–H groups in total. The molecule has 0 saturated heterocycles. The molecule has 17 heavy (non-hydrogen) atoms. The first-order chi connectivity index (χ1) is 7.92. The molecule has 0 atom stereocenters. The van der Waals surface area contributed by atoms with E-state index < -0.39 is 0 Å². The largest absolute Gasteiger partial charge is 0.440 e. The minimum Gasteiger partial charge on any atom is -0.440 e. The SMILES string of the molecule is CC1(C)N=C(c2cc(Cl)cc(Cl)c2)OC1=CI. The number of rotatable bonds is 1. The minimum atomic E-state index is -0.342. The molecule has 1 aliphatic rings. The van der Waals surface area contributed by atoms with Crippen LogP contribution in [0.1, 0.15) is 19.4 Å². The molecule has 1 aromatic rings. The van der Waals surface area contributed by atoms with Gasteiger partial charge >= 0.3 is 0 Å². The molecule has 0 fully saturated rings. The highest BCUT2D eigenvalue weighted by molar-refractivity contribution is 14.1. The normalized spacial score (nSPS) is 20.3. The highest BCUT2D eigenvalue weighted by atomic mass is 127. The molecular formula is C12H10Cl2INO. The minimum absolute atomic E-state index is 0.342. The number of ether oxygens (including phenoxy) is 1. The van der Waals surface area contributed by atoms with Crippen LogP contribution in [0.4, 0.5) is 0 Å². The molecule has 1 aromatic carbocycles. The summed E-state index contributed by atoms with van der Waals surface area (Å²) in [6.45, 7) is 3.99. The molecule has 2 rings (SSSR count). The zero-order valence-electron chi connectivity index (χ0n) is 9.30. The fourth-order valence-corrected chi connectivity index (χ4v) is 2.93. The highest BCUT2D eigenvalue weighted by Gasteiger charge is 2.33. The first-order valence-electron chi connectivity index (χ1n) is 4.97. The summed E-state index contributed by atoms with van der Waals surface area (Å²) < 4.78 is 7.60. The maximum absolute atomic E-state index is 5.96. The maximum Gasteiger partial charge on any atom is 0.222 e. The van der Waals surface area contributed by atoms with Gasteiger partial charge in [-0.1, -0.05) is 23.2 Å². The van der Waals surface area contributed by atoms with Crippen molar-refractivity contribution < 1.29 is 4.74 Å². The van der Waals surface area contributed by atoms with E-state index in [1.54, 1.807) is 18.2 Å². The zero-order chi connectivity index (χ0) is 12.6. The van der Waals surface area contributed by atoms with Crippen molar-refractivity contribution in [3.63, 3.8) is 0 Å². The van der Waals surface area contributed by atoms with Gasteiger partial charge in [-0.25, -0.2) is 4.99 Å². The summed E-state index contributed by atoms with van der Waals surface area (Å²) in [5.74, 6) is 1.38. The van der Waals surface area contributed by atoms with Crippen molar-refractivity contribution in [1.29, 1.82) is 0 Å². The van der Waals surface area contributed by atoms with Crippen LogP contribution in [0, 0.1) is 0 Å². The third kappa shape index (κ3) is 2.77. The van der Waals surface area contributed by atoms with Gasteiger partial charge in [0, 0.05) is 19.7 Å². The Morgan fingerprint density at radius 2 is 1.82 bits per heavy atom. The van der Waals surface area contributed by atoms with Crippen molar-refractivity contribution >= 4 is 51.7 Å². The zero-order valence-corrected chi connectivity index (χ0v) is 13.0. The van der Waals surface area contributed by atoms with Gasteiger partial charge in [-0.2, -0.15) is 0 Å². The van der Waals surface area contributed by atoms with Gasteiger partial charge in [0.15, 0.2) is 0 Å². The quantitative estimate of drug-likeness (QED) is 0.638. The molecule has 1 aliphatic heterocycles. The summed E-state index contributed by atoms with van der Waals surface area (Å²) in [6.07, 6.45) is 0. The van der Waals surface area contributed by atoms with E-state index in [9.17, 15) is 0 Å². The van der Waals surface area contributed by atoms with Gasteiger partial charge in [0.2, 0.25) is 5.90 Å². The van der Waals surface area contributed by atoms with Gasteiger partial charge in [0.25, 0.3) is 0 Å². The third-order valence-corrected chi connectivity index (χ3v) is 3.40. The lowest BCUT2D eigenvalue weighted by Gasteiger charge is -2.12. The van der Waals surface area contributed by atoms with Crippen molar-refractivity contribution in [2.24, 2.45) is 4.99 Å². The standard InChI is InChI=1S/C12H10Cl2INO/c1-12(2)10(6-15)17-11(16-12)7-3-8(13)5-9(14)4-7/h3-6H,1-2H3. The van der Waals surface area contributed by atoms with Crippen LogP contribution in [0.15, 0.2) is 33.0 Å². The number of benzene rings is 1. The summed E-state index contributed by atoms with van der Waals surface area (Å²) >= 11 is 14.1. The van der Waals surface area contributed by atoms with E-state index in [0.717, 1.165) is 11.3 Å². The molecular weight excluding hydrogens is 372 g/mol. The van der Waals surface area contributed by atoms with Crippen LogP contribution >= 0.6 is 45.8 Å². The van der Waals surface area contributed by atoms with Crippen LogP contribution in [-0.2, 0) is 4.74 Å². The average Bonchev–Trinajstić information content (AvgIpc) is 2.52. The first-order valence-corrected chi connectivity index (χ1v) is 6.97. The number of nitrogens with zero attached hydrogens (tertiary/aromatic N) is 1. The van der Waals surface area contributed by atoms with Gasteiger partial charge in [-0.05, 0) is 54.6 Å². The lowest BCUT2D eigenvalue weighted by atomic mass is 10.1. The fourth-order valence-electron chi connectivity index (χ4n) is 1.52. The lowest BCUT2D eigenvalue weighted by molar-refractivity contribution is 0.384. The Bertz CT molecular complexity index is 503. The van der Waals surface area contributed by atoms with Crippen LogP contribution in [0.2, 0.25) is 10.0 Å². The maximum atomic E-state index is 5.96. The van der Waals surface area contributed by atoms with E-state index in [-0.39, 0.29) is 5.54 Å². The number of hydrogen-bond acceptors (Lipinski definition) is 2. The van der Waals surface area contributed by atoms with Crippen molar-refractivity contribution in [3.05, 3.63) is 43.6 Å². The van der Waals surface area contributed by atoms with Crippen molar-refractivity contribution in [2.45, 2.75) is 19.4 Å². The Balaban J connectivity index is 2.43. The number of aliphatic imine (C=N–C) groups is 1. The second-order valence-electron chi connectivity index (χ2n) is 4.21. The molecule has 0 aromatic heterocycles. The average molecular weight is 382 g/mol. The Morgan fingerprint density at radius 1 is 1.24 bits per heavy atom. The highest BCUT2D eigenvalue weighted by Crippen LogP contribution is 2.32. The van der Waals surface area contributed by atoms with Crippen LogP contribution in [-0.4, -0.2) is 11.4 Å². The molecule has 5 heteroatoms. The third-order valence-electron chi connectivity index (χ3n) is 2.40. The van der Waals surface area contributed by atoms with E-state index in [1.165, 1.54) is 0 Å². The van der Waals surface area contributed by atoms with Gasteiger partial charge in [-0.15, -0.1) is 0 Å². The smallest absolute Gasteiger partial charge is 0.222 e. The molecule has 2 nitrogen and oxygen atoms in total. The Morgan fingerprint density at radius 3 is 2.29 bits per heavy atom. The van der Waals surface area contributed by atoms with Crippen LogP contribution in [0.25, 0.3) is 0 Å². The van der Waals surface area contributed by atoms with Crippen molar-refractivity contribution in [3.8, 4) is 0 Å². The molecule has 0 aliphatic carbocycles. The molecule has 0 unspecified atom stereocenters.